The Morgan fingerprint density at radius 3 is 2.71 bits per heavy atom. The predicted molar refractivity (Wildman–Crippen MR) is 80.8 cm³/mol. The van der Waals surface area contributed by atoms with Gasteiger partial charge in [-0.3, -0.25) is 9.59 Å². The number of ether oxygens (including phenoxy) is 1. The lowest BCUT2D eigenvalue weighted by Crippen LogP contribution is -2.20. The first-order chi connectivity index (χ1) is 10.0. The van der Waals surface area contributed by atoms with Crippen LogP contribution >= 0.6 is 11.8 Å². The van der Waals surface area contributed by atoms with Gasteiger partial charge in [-0.1, -0.05) is 18.2 Å². The zero-order valence-corrected chi connectivity index (χ0v) is 12.3. The van der Waals surface area contributed by atoms with Gasteiger partial charge in [-0.25, -0.2) is 4.79 Å². The number of benzene rings is 1. The summed E-state index contributed by atoms with van der Waals surface area (Å²) in [6.45, 7) is 1.30. The third-order valence-electron chi connectivity index (χ3n) is 2.18. The molecule has 1 aromatic carbocycles. The van der Waals surface area contributed by atoms with Crippen LogP contribution < -0.4 is 11.1 Å². The van der Waals surface area contributed by atoms with E-state index < -0.39 is 17.8 Å². The van der Waals surface area contributed by atoms with Crippen LogP contribution in [0.25, 0.3) is 0 Å². The van der Waals surface area contributed by atoms with E-state index in [4.69, 9.17) is 10.5 Å². The second kappa shape index (κ2) is 8.80. The Bertz CT molecular complexity index is 558. The van der Waals surface area contributed by atoms with Gasteiger partial charge in [-0.2, -0.15) is 0 Å². The number of anilines is 1. The number of nitrogens with one attached hydrogen (secondary N) is 1. The Kier molecular flexibility index (Phi) is 7.03. The molecule has 0 unspecified atom stereocenters. The molecule has 0 aliphatic heterocycles. The molecule has 0 saturated heterocycles. The number of amides is 2. The molecule has 0 radical (unpaired) electrons. The van der Waals surface area contributed by atoms with Gasteiger partial charge in [0.05, 0.1) is 11.4 Å². The highest BCUT2D eigenvalue weighted by atomic mass is 32.2. The zero-order valence-electron chi connectivity index (χ0n) is 11.5. The summed E-state index contributed by atoms with van der Waals surface area (Å²) >= 11 is 1.22. The van der Waals surface area contributed by atoms with Crippen molar-refractivity contribution in [3.8, 4) is 0 Å². The molecule has 2 amide bonds. The smallest absolute Gasteiger partial charge is 0.330 e. The molecule has 112 valence electrons. The lowest BCUT2D eigenvalue weighted by atomic mass is 10.3. The Morgan fingerprint density at radius 2 is 2.05 bits per heavy atom. The molecule has 0 saturated carbocycles. The van der Waals surface area contributed by atoms with Gasteiger partial charge in [0.2, 0.25) is 5.91 Å². The molecule has 0 aliphatic rings. The van der Waals surface area contributed by atoms with Crippen LogP contribution in [0.1, 0.15) is 6.92 Å². The second-order valence-corrected chi connectivity index (χ2v) is 4.92. The summed E-state index contributed by atoms with van der Waals surface area (Å²) in [5.41, 5.74) is 5.63. The van der Waals surface area contributed by atoms with Crippen molar-refractivity contribution in [2.75, 3.05) is 17.7 Å². The highest BCUT2D eigenvalue weighted by molar-refractivity contribution is 8.00. The van der Waals surface area contributed by atoms with Gasteiger partial charge in [-0.05, 0) is 19.1 Å². The monoisotopic (exact) mass is 308 g/mol. The van der Waals surface area contributed by atoms with E-state index in [1.54, 1.807) is 31.2 Å². The minimum absolute atomic E-state index is 0.114. The molecular formula is C14H16N2O4S. The van der Waals surface area contributed by atoms with Gasteiger partial charge in [0.15, 0.2) is 6.61 Å². The van der Waals surface area contributed by atoms with Crippen molar-refractivity contribution in [3.63, 3.8) is 0 Å². The SMILES string of the molecule is C/C=C/C(=O)OCC(=O)Nc1ccccc1SCC(N)=O. The number of carbonyl (C=O) groups is 3. The Labute approximate surface area is 126 Å². The first-order valence-corrected chi connectivity index (χ1v) is 7.11. The topological polar surface area (TPSA) is 98.5 Å². The Morgan fingerprint density at radius 1 is 1.33 bits per heavy atom. The van der Waals surface area contributed by atoms with Gasteiger partial charge < -0.3 is 15.8 Å². The molecule has 0 aromatic heterocycles. The second-order valence-electron chi connectivity index (χ2n) is 3.91. The maximum absolute atomic E-state index is 11.7. The van der Waals surface area contributed by atoms with Crippen molar-refractivity contribution in [2.24, 2.45) is 5.73 Å². The largest absolute Gasteiger partial charge is 0.452 e. The van der Waals surface area contributed by atoms with Gasteiger partial charge >= 0.3 is 5.97 Å². The fraction of sp³-hybridized carbons (Fsp3) is 0.214. The van der Waals surface area contributed by atoms with E-state index in [1.165, 1.54) is 23.9 Å². The quantitative estimate of drug-likeness (QED) is 0.450. The number of nitrogens with two attached hydrogens (primary N) is 1. The molecule has 3 N–H and O–H groups in total. The maximum Gasteiger partial charge on any atom is 0.330 e. The van der Waals surface area contributed by atoms with E-state index in [0.29, 0.717) is 10.6 Å². The summed E-state index contributed by atoms with van der Waals surface area (Å²) in [5.74, 6) is -1.37. The molecule has 1 aromatic rings. The molecule has 6 nitrogen and oxygen atoms in total. The molecule has 0 bridgehead atoms. The number of carbonyl (C=O) groups excluding carboxylic acids is 3. The average Bonchev–Trinajstić information content (AvgIpc) is 2.44. The molecular weight excluding hydrogens is 292 g/mol. The number of thioether (sulfide) groups is 1. The number of esters is 1. The fourth-order valence-electron chi connectivity index (χ4n) is 1.35. The molecule has 0 atom stereocenters. The van der Waals surface area contributed by atoms with Crippen LogP contribution in [-0.4, -0.2) is 30.1 Å². The van der Waals surface area contributed by atoms with E-state index in [2.05, 4.69) is 5.32 Å². The standard InChI is InChI=1S/C14H16N2O4S/c1-2-5-14(19)20-8-13(18)16-10-6-3-4-7-11(10)21-9-12(15)17/h2-7H,8-9H2,1H3,(H2,15,17)(H,16,18)/b5-2+. The minimum Gasteiger partial charge on any atom is -0.452 e. The first-order valence-electron chi connectivity index (χ1n) is 6.12. The molecule has 7 heteroatoms. The zero-order chi connectivity index (χ0) is 15.7. The van der Waals surface area contributed by atoms with Crippen molar-refractivity contribution in [3.05, 3.63) is 36.4 Å². The summed E-state index contributed by atoms with van der Waals surface area (Å²) in [5, 5.41) is 2.62. The minimum atomic E-state index is -0.580. The van der Waals surface area contributed by atoms with Gasteiger partial charge in [0.25, 0.3) is 5.91 Å². The van der Waals surface area contributed by atoms with Gasteiger partial charge in [-0.15, -0.1) is 11.8 Å². The van der Waals surface area contributed by atoms with Crippen LogP contribution in [0, 0.1) is 0 Å². The molecule has 0 heterocycles. The molecule has 1 rings (SSSR count). The summed E-state index contributed by atoms with van der Waals surface area (Å²) in [6, 6.07) is 6.98. The number of allylic oxidation sites excluding steroid dienone is 1. The number of para-hydroxylation sites is 1. The normalized spacial score (nSPS) is 10.3. The van der Waals surface area contributed by atoms with Crippen LogP contribution in [0.15, 0.2) is 41.3 Å². The summed E-state index contributed by atoms with van der Waals surface area (Å²) in [4.78, 5) is 34.3. The fourth-order valence-corrected chi connectivity index (χ4v) is 2.10. The highest BCUT2D eigenvalue weighted by Gasteiger charge is 2.09. The van der Waals surface area contributed by atoms with Crippen molar-refractivity contribution in [1.29, 1.82) is 0 Å². The lowest BCUT2D eigenvalue weighted by molar-refractivity contribution is -0.142. The van der Waals surface area contributed by atoms with E-state index in [1.807, 2.05) is 0 Å². The van der Waals surface area contributed by atoms with E-state index >= 15 is 0 Å². The molecule has 0 aliphatic carbocycles. The third-order valence-corrected chi connectivity index (χ3v) is 3.28. The Hall–Kier alpha value is -2.28. The lowest BCUT2D eigenvalue weighted by Gasteiger charge is -2.10. The van der Waals surface area contributed by atoms with Crippen molar-refractivity contribution in [2.45, 2.75) is 11.8 Å². The highest BCUT2D eigenvalue weighted by Crippen LogP contribution is 2.26. The van der Waals surface area contributed by atoms with Crippen molar-refractivity contribution < 1.29 is 19.1 Å². The molecule has 0 fully saturated rings. The summed E-state index contributed by atoms with van der Waals surface area (Å²) in [6.07, 6.45) is 2.75. The van der Waals surface area contributed by atoms with Crippen LogP contribution in [0.3, 0.4) is 0 Å². The van der Waals surface area contributed by atoms with Crippen LogP contribution in [0.5, 0.6) is 0 Å². The summed E-state index contributed by atoms with van der Waals surface area (Å²) in [7, 11) is 0. The van der Waals surface area contributed by atoms with E-state index in [0.717, 1.165) is 0 Å². The van der Waals surface area contributed by atoms with Crippen molar-refractivity contribution in [1.82, 2.24) is 0 Å². The number of rotatable bonds is 7. The number of hydrogen-bond acceptors (Lipinski definition) is 5. The van der Waals surface area contributed by atoms with Crippen LogP contribution in [0.2, 0.25) is 0 Å². The first kappa shape index (κ1) is 16.8. The number of hydrogen-bond donors (Lipinski definition) is 2. The predicted octanol–water partition coefficient (Wildman–Crippen LogP) is 1.32. The van der Waals surface area contributed by atoms with Gasteiger partial charge in [0, 0.05) is 11.0 Å². The van der Waals surface area contributed by atoms with Crippen LogP contribution in [0.4, 0.5) is 5.69 Å². The molecule has 0 spiro atoms. The summed E-state index contributed by atoms with van der Waals surface area (Å²) < 4.78 is 4.74. The molecule has 21 heavy (non-hydrogen) atoms. The number of primary amides is 1. The van der Waals surface area contributed by atoms with Gasteiger partial charge in [0.1, 0.15) is 0 Å². The Balaban J connectivity index is 2.59. The third kappa shape index (κ3) is 6.62. The maximum atomic E-state index is 11.7. The average molecular weight is 308 g/mol. The van der Waals surface area contributed by atoms with E-state index in [-0.39, 0.29) is 12.4 Å². The van der Waals surface area contributed by atoms with Crippen LogP contribution in [-0.2, 0) is 19.1 Å². The van der Waals surface area contributed by atoms with Crippen molar-refractivity contribution >= 4 is 35.2 Å². The van der Waals surface area contributed by atoms with E-state index in [9.17, 15) is 14.4 Å².